The van der Waals surface area contributed by atoms with Crippen molar-refractivity contribution < 1.29 is 14.6 Å². The highest BCUT2D eigenvalue weighted by Gasteiger charge is 2.14. The van der Waals surface area contributed by atoms with Crippen LogP contribution in [0.4, 0.5) is 4.79 Å². The third-order valence-electron chi connectivity index (χ3n) is 4.12. The first kappa shape index (κ1) is 17.8. The van der Waals surface area contributed by atoms with E-state index in [1.54, 1.807) is 0 Å². The average molecular weight is 353 g/mol. The quantitative estimate of drug-likeness (QED) is 0.633. The summed E-state index contributed by atoms with van der Waals surface area (Å²) in [5.74, 6) is 1.02. The van der Waals surface area contributed by atoms with Crippen LogP contribution in [-0.2, 0) is 6.54 Å². The van der Waals surface area contributed by atoms with Crippen molar-refractivity contribution in [3.8, 4) is 5.75 Å². The van der Waals surface area contributed by atoms with E-state index in [4.69, 9.17) is 14.9 Å². The van der Waals surface area contributed by atoms with Gasteiger partial charge in [-0.3, -0.25) is 4.68 Å². The minimum Gasteiger partial charge on any atom is -0.492 e. The normalized spacial score (nSPS) is 11.0. The summed E-state index contributed by atoms with van der Waals surface area (Å²) in [5, 5.41) is 16.8. The molecule has 0 aliphatic carbocycles. The van der Waals surface area contributed by atoms with Gasteiger partial charge in [-0.15, -0.1) is 0 Å². The molecule has 1 heterocycles. The Morgan fingerprint density at radius 2 is 2.00 bits per heavy atom. The molecule has 3 rings (SSSR count). The van der Waals surface area contributed by atoms with E-state index >= 15 is 0 Å². The molecule has 1 amide bonds. The van der Waals surface area contributed by atoms with Crippen LogP contribution in [0.15, 0.2) is 48.5 Å². The summed E-state index contributed by atoms with van der Waals surface area (Å²) in [7, 11) is 0. The molecule has 0 saturated heterocycles. The fourth-order valence-corrected chi connectivity index (χ4v) is 2.90. The number of rotatable bonds is 7. The van der Waals surface area contributed by atoms with Crippen LogP contribution in [0.3, 0.4) is 0 Å². The predicted octanol–water partition coefficient (Wildman–Crippen LogP) is 3.85. The van der Waals surface area contributed by atoms with Crippen molar-refractivity contribution in [1.29, 1.82) is 0 Å². The molecule has 0 aliphatic rings. The molecular formula is C20H23N3O3. The molecule has 6 nitrogen and oxygen atoms in total. The number of nitrogens with one attached hydrogen (secondary N) is 1. The standard InChI is InChI=1S/C20H23N3O3/c1-14(2)19-17-9-8-16(26-11-10-21-20(24)25)12-18(17)23(22-19)13-15-6-4-3-5-7-15/h3-9,12,14,21H,10-11,13H2,1-2H3,(H,24,25). The number of fused-ring (bicyclic) bond motifs is 1. The molecule has 0 unspecified atom stereocenters. The number of benzene rings is 2. The smallest absolute Gasteiger partial charge is 0.404 e. The predicted molar refractivity (Wildman–Crippen MR) is 101 cm³/mol. The molecule has 2 N–H and O–H groups in total. The molecule has 1 aromatic heterocycles. The first-order valence-electron chi connectivity index (χ1n) is 8.68. The fraction of sp³-hybridized carbons (Fsp3) is 0.300. The largest absolute Gasteiger partial charge is 0.492 e. The number of hydrogen-bond acceptors (Lipinski definition) is 3. The molecule has 6 heteroatoms. The number of amides is 1. The first-order valence-corrected chi connectivity index (χ1v) is 8.68. The molecule has 26 heavy (non-hydrogen) atoms. The summed E-state index contributed by atoms with van der Waals surface area (Å²) >= 11 is 0. The maximum Gasteiger partial charge on any atom is 0.404 e. The lowest BCUT2D eigenvalue weighted by Gasteiger charge is -2.08. The van der Waals surface area contributed by atoms with Crippen LogP contribution in [0, 0.1) is 0 Å². The van der Waals surface area contributed by atoms with Crippen molar-refractivity contribution in [3.05, 3.63) is 59.8 Å². The number of nitrogens with zero attached hydrogens (tertiary/aromatic N) is 2. The van der Waals surface area contributed by atoms with Crippen LogP contribution in [0.2, 0.25) is 0 Å². The van der Waals surface area contributed by atoms with E-state index in [0.717, 1.165) is 16.6 Å². The second-order valence-corrected chi connectivity index (χ2v) is 6.44. The van der Waals surface area contributed by atoms with Crippen molar-refractivity contribution in [2.45, 2.75) is 26.3 Å². The summed E-state index contributed by atoms with van der Waals surface area (Å²) < 4.78 is 7.67. The van der Waals surface area contributed by atoms with Gasteiger partial charge in [0.2, 0.25) is 0 Å². The van der Waals surface area contributed by atoms with E-state index in [0.29, 0.717) is 18.2 Å². The van der Waals surface area contributed by atoms with Crippen LogP contribution >= 0.6 is 0 Å². The Morgan fingerprint density at radius 1 is 1.23 bits per heavy atom. The average Bonchev–Trinajstić information content (AvgIpc) is 2.98. The van der Waals surface area contributed by atoms with Crippen molar-refractivity contribution in [2.24, 2.45) is 0 Å². The molecule has 0 saturated carbocycles. The SMILES string of the molecule is CC(C)c1nn(Cc2ccccc2)c2cc(OCCNC(=O)O)ccc12. The van der Waals surface area contributed by atoms with Gasteiger partial charge in [0.05, 0.1) is 24.3 Å². The van der Waals surface area contributed by atoms with Crippen LogP contribution in [0.5, 0.6) is 5.75 Å². The summed E-state index contributed by atoms with van der Waals surface area (Å²) in [5.41, 5.74) is 3.26. The van der Waals surface area contributed by atoms with Crippen molar-refractivity contribution in [1.82, 2.24) is 15.1 Å². The van der Waals surface area contributed by atoms with Gasteiger partial charge in [-0.25, -0.2) is 4.79 Å². The number of aromatic nitrogens is 2. The zero-order chi connectivity index (χ0) is 18.5. The monoisotopic (exact) mass is 353 g/mol. The van der Waals surface area contributed by atoms with Crippen molar-refractivity contribution in [2.75, 3.05) is 13.2 Å². The molecule has 136 valence electrons. The Balaban J connectivity index is 1.87. The minimum atomic E-state index is -1.05. The van der Waals surface area contributed by atoms with Gasteiger partial charge in [-0.2, -0.15) is 5.10 Å². The Morgan fingerprint density at radius 3 is 2.69 bits per heavy atom. The third kappa shape index (κ3) is 4.14. The van der Waals surface area contributed by atoms with E-state index in [2.05, 4.69) is 31.3 Å². The van der Waals surface area contributed by atoms with Gasteiger partial charge in [-0.05, 0) is 23.6 Å². The number of carboxylic acid groups (broad SMARTS) is 1. The molecule has 2 aromatic carbocycles. The van der Waals surface area contributed by atoms with E-state index in [1.165, 1.54) is 5.56 Å². The molecule has 0 atom stereocenters. The molecule has 0 bridgehead atoms. The Bertz CT molecular complexity index is 888. The zero-order valence-corrected chi connectivity index (χ0v) is 15.0. The lowest BCUT2D eigenvalue weighted by Crippen LogP contribution is -2.26. The van der Waals surface area contributed by atoms with Crippen molar-refractivity contribution in [3.63, 3.8) is 0 Å². The fourth-order valence-electron chi connectivity index (χ4n) is 2.90. The Hall–Kier alpha value is -3.02. The van der Waals surface area contributed by atoms with E-state index < -0.39 is 6.09 Å². The van der Waals surface area contributed by atoms with Crippen LogP contribution < -0.4 is 10.1 Å². The molecule has 3 aromatic rings. The van der Waals surface area contributed by atoms with Gasteiger partial charge in [0.25, 0.3) is 0 Å². The molecule has 0 aliphatic heterocycles. The highest BCUT2D eigenvalue weighted by Crippen LogP contribution is 2.28. The Labute approximate surface area is 152 Å². The number of ether oxygens (including phenoxy) is 1. The van der Waals surface area contributed by atoms with Gasteiger partial charge in [0.1, 0.15) is 12.4 Å². The van der Waals surface area contributed by atoms with Crippen LogP contribution in [-0.4, -0.2) is 34.1 Å². The van der Waals surface area contributed by atoms with Gasteiger partial charge in [-0.1, -0.05) is 44.2 Å². The second kappa shape index (κ2) is 7.91. The van der Waals surface area contributed by atoms with Crippen molar-refractivity contribution >= 4 is 17.0 Å². The van der Waals surface area contributed by atoms with Gasteiger partial charge >= 0.3 is 6.09 Å². The highest BCUT2D eigenvalue weighted by atomic mass is 16.5. The summed E-state index contributed by atoms with van der Waals surface area (Å²) in [6.45, 7) is 5.48. The summed E-state index contributed by atoms with van der Waals surface area (Å²) in [4.78, 5) is 10.5. The molecular weight excluding hydrogens is 330 g/mol. The Kier molecular flexibility index (Phi) is 5.41. The number of carbonyl (C=O) groups is 1. The van der Waals surface area contributed by atoms with Crippen LogP contribution in [0.25, 0.3) is 10.9 Å². The first-order chi connectivity index (χ1) is 12.5. The van der Waals surface area contributed by atoms with Gasteiger partial charge in [0.15, 0.2) is 0 Å². The van der Waals surface area contributed by atoms with Gasteiger partial charge < -0.3 is 15.2 Å². The minimum absolute atomic E-state index is 0.244. The summed E-state index contributed by atoms with van der Waals surface area (Å²) in [6, 6.07) is 16.1. The lowest BCUT2D eigenvalue weighted by molar-refractivity contribution is 0.191. The molecule has 0 spiro atoms. The van der Waals surface area contributed by atoms with Gasteiger partial charge in [0, 0.05) is 11.5 Å². The maximum absolute atomic E-state index is 10.5. The second-order valence-electron chi connectivity index (χ2n) is 6.44. The maximum atomic E-state index is 10.5. The topological polar surface area (TPSA) is 76.4 Å². The summed E-state index contributed by atoms with van der Waals surface area (Å²) in [6.07, 6.45) is -1.05. The van der Waals surface area contributed by atoms with E-state index in [-0.39, 0.29) is 13.2 Å². The molecule has 0 fully saturated rings. The van der Waals surface area contributed by atoms with E-state index in [9.17, 15) is 4.79 Å². The molecule has 0 radical (unpaired) electrons. The lowest BCUT2D eigenvalue weighted by atomic mass is 10.1. The highest BCUT2D eigenvalue weighted by molar-refractivity contribution is 5.84. The van der Waals surface area contributed by atoms with Crippen LogP contribution in [0.1, 0.15) is 31.0 Å². The zero-order valence-electron chi connectivity index (χ0n) is 15.0. The number of hydrogen-bond donors (Lipinski definition) is 2. The third-order valence-corrected chi connectivity index (χ3v) is 4.12. The van der Waals surface area contributed by atoms with E-state index in [1.807, 2.05) is 41.1 Å².